The fourth-order valence-corrected chi connectivity index (χ4v) is 4.26. The Labute approximate surface area is 165 Å². The van der Waals surface area contributed by atoms with E-state index in [2.05, 4.69) is 115 Å². The summed E-state index contributed by atoms with van der Waals surface area (Å²) in [5.74, 6) is 0.498. The summed E-state index contributed by atoms with van der Waals surface area (Å²) in [5, 5.41) is 2.60. The average Bonchev–Trinajstić information content (AvgIpc) is 3.08. The Kier molecular flexibility index (Phi) is 4.02. The summed E-state index contributed by atoms with van der Waals surface area (Å²) in [6.45, 7) is 4.53. The van der Waals surface area contributed by atoms with E-state index in [1.807, 2.05) is 0 Å². The Morgan fingerprint density at radius 3 is 2.11 bits per heavy atom. The molecule has 0 bridgehead atoms. The van der Waals surface area contributed by atoms with Gasteiger partial charge < -0.3 is 4.57 Å². The van der Waals surface area contributed by atoms with Crippen LogP contribution in [0.2, 0.25) is 0 Å². The van der Waals surface area contributed by atoms with Gasteiger partial charge in [0, 0.05) is 16.5 Å². The summed E-state index contributed by atoms with van der Waals surface area (Å²) in [6, 6.07) is 35.0. The summed E-state index contributed by atoms with van der Waals surface area (Å²) < 4.78 is 2.36. The molecule has 1 nitrogen and oxygen atoms in total. The first-order chi connectivity index (χ1) is 13.7. The van der Waals surface area contributed by atoms with Gasteiger partial charge in [0.25, 0.3) is 0 Å². The second kappa shape index (κ2) is 6.69. The largest absolute Gasteiger partial charge is 0.309 e. The molecule has 4 aromatic carbocycles. The molecule has 0 N–H and O–H groups in total. The van der Waals surface area contributed by atoms with Gasteiger partial charge in [0.2, 0.25) is 0 Å². The van der Waals surface area contributed by atoms with Gasteiger partial charge in [-0.2, -0.15) is 0 Å². The van der Waals surface area contributed by atoms with Gasteiger partial charge in [0.15, 0.2) is 0 Å². The molecule has 28 heavy (non-hydrogen) atoms. The van der Waals surface area contributed by atoms with Crippen LogP contribution in [-0.2, 0) is 0 Å². The molecule has 0 unspecified atom stereocenters. The van der Waals surface area contributed by atoms with Crippen LogP contribution in [0.15, 0.2) is 97.1 Å². The third-order valence-corrected chi connectivity index (χ3v) is 5.58. The predicted molar refractivity (Wildman–Crippen MR) is 120 cm³/mol. The molecule has 0 atom stereocenters. The van der Waals surface area contributed by atoms with E-state index < -0.39 is 0 Å². The van der Waals surface area contributed by atoms with E-state index in [0.717, 1.165) is 0 Å². The molecule has 0 saturated heterocycles. The first-order valence-electron chi connectivity index (χ1n) is 9.92. The molecule has 1 heterocycles. The highest BCUT2D eigenvalue weighted by atomic mass is 15.0. The maximum atomic E-state index is 2.36. The molecule has 0 aliphatic rings. The minimum atomic E-state index is 0.498. The Morgan fingerprint density at radius 2 is 1.29 bits per heavy atom. The van der Waals surface area contributed by atoms with Crippen molar-refractivity contribution >= 4 is 21.8 Å². The summed E-state index contributed by atoms with van der Waals surface area (Å²) in [6.07, 6.45) is 0. The number of nitrogens with zero attached hydrogens (tertiary/aromatic N) is 1. The highest BCUT2D eigenvalue weighted by Crippen LogP contribution is 2.36. The van der Waals surface area contributed by atoms with Gasteiger partial charge in [-0.1, -0.05) is 80.6 Å². The number of hydrogen-bond acceptors (Lipinski definition) is 0. The van der Waals surface area contributed by atoms with Crippen molar-refractivity contribution in [2.75, 3.05) is 0 Å². The third-order valence-electron chi connectivity index (χ3n) is 5.58. The van der Waals surface area contributed by atoms with Crippen LogP contribution in [0.3, 0.4) is 0 Å². The Bertz CT molecular complexity index is 1280. The van der Waals surface area contributed by atoms with Crippen molar-refractivity contribution in [2.24, 2.45) is 0 Å². The lowest BCUT2D eigenvalue weighted by atomic mass is 9.92. The molecule has 0 radical (unpaired) electrons. The standard InChI is InChI=1S/C27H23N/c1-19(2)22-12-6-7-13-23(22)20-16-17-27-25(18-20)24-14-8-9-15-26(24)28(27)21-10-4-3-5-11-21/h3-19H,1-2H3. The quantitative estimate of drug-likeness (QED) is 0.312. The molecule has 0 amide bonds. The molecule has 0 aliphatic carbocycles. The van der Waals surface area contributed by atoms with Crippen molar-refractivity contribution in [1.82, 2.24) is 4.57 Å². The van der Waals surface area contributed by atoms with Gasteiger partial charge >= 0.3 is 0 Å². The van der Waals surface area contributed by atoms with Crippen LogP contribution in [-0.4, -0.2) is 4.57 Å². The molecular weight excluding hydrogens is 338 g/mol. The smallest absolute Gasteiger partial charge is 0.0541 e. The number of fused-ring (bicyclic) bond motifs is 3. The van der Waals surface area contributed by atoms with E-state index in [0.29, 0.717) is 5.92 Å². The molecule has 136 valence electrons. The maximum absolute atomic E-state index is 2.36. The molecule has 0 saturated carbocycles. The summed E-state index contributed by atoms with van der Waals surface area (Å²) >= 11 is 0. The number of rotatable bonds is 3. The van der Waals surface area contributed by atoms with E-state index in [9.17, 15) is 0 Å². The highest BCUT2D eigenvalue weighted by molar-refractivity contribution is 6.10. The predicted octanol–water partition coefficient (Wildman–Crippen LogP) is 7.57. The fourth-order valence-electron chi connectivity index (χ4n) is 4.26. The molecule has 0 spiro atoms. The summed E-state index contributed by atoms with van der Waals surface area (Å²) in [4.78, 5) is 0. The number of aromatic nitrogens is 1. The zero-order valence-electron chi connectivity index (χ0n) is 16.3. The Hall–Kier alpha value is -3.32. The van der Waals surface area contributed by atoms with Crippen LogP contribution in [0.25, 0.3) is 38.6 Å². The van der Waals surface area contributed by atoms with Crippen molar-refractivity contribution in [3.8, 4) is 16.8 Å². The van der Waals surface area contributed by atoms with Crippen LogP contribution in [0.5, 0.6) is 0 Å². The molecule has 5 rings (SSSR count). The van der Waals surface area contributed by atoms with E-state index >= 15 is 0 Å². The lowest BCUT2D eigenvalue weighted by molar-refractivity contribution is 0.869. The van der Waals surface area contributed by atoms with E-state index in [4.69, 9.17) is 0 Å². The molecular formula is C27H23N. The first-order valence-corrected chi connectivity index (χ1v) is 9.92. The van der Waals surface area contributed by atoms with Gasteiger partial charge in [0.1, 0.15) is 0 Å². The fraction of sp³-hybridized carbons (Fsp3) is 0.111. The second-order valence-electron chi connectivity index (χ2n) is 7.66. The van der Waals surface area contributed by atoms with Gasteiger partial charge in [-0.25, -0.2) is 0 Å². The first kappa shape index (κ1) is 16.8. The van der Waals surface area contributed by atoms with Crippen LogP contribution in [0.1, 0.15) is 25.3 Å². The molecule has 5 aromatic rings. The number of benzene rings is 4. The van der Waals surface area contributed by atoms with Crippen molar-refractivity contribution in [3.63, 3.8) is 0 Å². The lowest BCUT2D eigenvalue weighted by Crippen LogP contribution is -1.94. The van der Waals surface area contributed by atoms with Crippen LogP contribution >= 0.6 is 0 Å². The van der Waals surface area contributed by atoms with E-state index in [-0.39, 0.29) is 0 Å². The highest BCUT2D eigenvalue weighted by Gasteiger charge is 2.14. The third kappa shape index (κ3) is 2.63. The van der Waals surface area contributed by atoms with E-state index in [1.165, 1.54) is 44.2 Å². The maximum Gasteiger partial charge on any atom is 0.0541 e. The number of para-hydroxylation sites is 2. The Balaban J connectivity index is 1.82. The minimum absolute atomic E-state index is 0.498. The van der Waals surface area contributed by atoms with Gasteiger partial charge in [0.05, 0.1) is 11.0 Å². The van der Waals surface area contributed by atoms with Crippen LogP contribution < -0.4 is 0 Å². The van der Waals surface area contributed by atoms with Crippen molar-refractivity contribution < 1.29 is 0 Å². The van der Waals surface area contributed by atoms with E-state index in [1.54, 1.807) is 0 Å². The molecule has 1 aromatic heterocycles. The van der Waals surface area contributed by atoms with Gasteiger partial charge in [-0.05, 0) is 52.9 Å². The SMILES string of the molecule is CC(C)c1ccccc1-c1ccc2c(c1)c1ccccc1n2-c1ccccc1. The normalized spacial score (nSPS) is 11.5. The van der Waals surface area contributed by atoms with Crippen molar-refractivity contribution in [2.45, 2.75) is 19.8 Å². The lowest BCUT2D eigenvalue weighted by Gasteiger charge is -2.13. The second-order valence-corrected chi connectivity index (χ2v) is 7.66. The van der Waals surface area contributed by atoms with Gasteiger partial charge in [-0.3, -0.25) is 0 Å². The minimum Gasteiger partial charge on any atom is -0.309 e. The van der Waals surface area contributed by atoms with Crippen LogP contribution in [0, 0.1) is 0 Å². The molecule has 0 aliphatic heterocycles. The molecule has 1 heteroatoms. The molecule has 0 fully saturated rings. The Morgan fingerprint density at radius 1 is 0.607 bits per heavy atom. The zero-order valence-corrected chi connectivity index (χ0v) is 16.3. The number of hydrogen-bond donors (Lipinski definition) is 0. The van der Waals surface area contributed by atoms with Crippen LogP contribution in [0.4, 0.5) is 0 Å². The zero-order chi connectivity index (χ0) is 19.1. The monoisotopic (exact) mass is 361 g/mol. The van der Waals surface area contributed by atoms with Crippen molar-refractivity contribution in [3.05, 3.63) is 103 Å². The summed E-state index contributed by atoms with van der Waals surface area (Å²) in [7, 11) is 0. The topological polar surface area (TPSA) is 4.93 Å². The average molecular weight is 361 g/mol. The van der Waals surface area contributed by atoms with Crippen molar-refractivity contribution in [1.29, 1.82) is 0 Å². The van der Waals surface area contributed by atoms with Gasteiger partial charge in [-0.15, -0.1) is 0 Å². The summed E-state index contributed by atoms with van der Waals surface area (Å²) in [5.41, 5.74) is 7.71.